The molecular formula is C24H38N2O5. The van der Waals surface area contributed by atoms with Crippen molar-refractivity contribution in [3.8, 4) is 0 Å². The van der Waals surface area contributed by atoms with Gasteiger partial charge in [0.2, 0.25) is 5.91 Å². The van der Waals surface area contributed by atoms with E-state index >= 15 is 0 Å². The van der Waals surface area contributed by atoms with E-state index in [1.54, 1.807) is 0 Å². The molecule has 31 heavy (non-hydrogen) atoms. The van der Waals surface area contributed by atoms with Crippen LogP contribution in [0, 0.1) is 5.92 Å². The minimum atomic E-state index is -0.819. The van der Waals surface area contributed by atoms with Crippen LogP contribution in [0.5, 0.6) is 0 Å². The Morgan fingerprint density at radius 3 is 2.19 bits per heavy atom. The third-order valence-electron chi connectivity index (χ3n) is 5.08. The minimum Gasteiger partial charge on any atom is -0.467 e. The Kier molecular flexibility index (Phi) is 13.0. The predicted molar refractivity (Wildman–Crippen MR) is 120 cm³/mol. The number of hydrogen-bond donors (Lipinski definition) is 2. The fraction of sp³-hybridized carbons (Fsp3) is 0.625. The van der Waals surface area contributed by atoms with Gasteiger partial charge in [-0.1, -0.05) is 89.6 Å². The van der Waals surface area contributed by atoms with Gasteiger partial charge in [-0.25, -0.2) is 9.59 Å². The maximum Gasteiger partial charge on any atom is 0.408 e. The van der Waals surface area contributed by atoms with Crippen molar-refractivity contribution in [3.63, 3.8) is 0 Å². The normalized spacial score (nSPS) is 12.7. The van der Waals surface area contributed by atoms with E-state index in [1.165, 1.54) is 26.4 Å². The molecule has 0 unspecified atom stereocenters. The molecule has 7 heteroatoms. The molecule has 0 heterocycles. The zero-order valence-corrected chi connectivity index (χ0v) is 19.3. The monoisotopic (exact) mass is 434 g/mol. The highest BCUT2D eigenvalue weighted by molar-refractivity contribution is 5.89. The lowest BCUT2D eigenvalue weighted by atomic mass is 10.0. The van der Waals surface area contributed by atoms with Gasteiger partial charge in [0.1, 0.15) is 18.7 Å². The maximum absolute atomic E-state index is 12.8. The number of unbranched alkanes of at least 4 members (excludes halogenated alkanes) is 5. The molecule has 0 aromatic heterocycles. The van der Waals surface area contributed by atoms with Crippen molar-refractivity contribution in [3.05, 3.63) is 35.9 Å². The minimum absolute atomic E-state index is 0.113. The summed E-state index contributed by atoms with van der Waals surface area (Å²) in [6.45, 7) is 5.92. The van der Waals surface area contributed by atoms with Crippen LogP contribution in [0.3, 0.4) is 0 Å². The first-order valence-electron chi connectivity index (χ1n) is 11.2. The highest BCUT2D eigenvalue weighted by atomic mass is 16.5. The molecule has 0 aliphatic heterocycles. The van der Waals surface area contributed by atoms with Crippen LogP contribution in [0.25, 0.3) is 0 Å². The first-order valence-corrected chi connectivity index (χ1v) is 11.2. The summed E-state index contributed by atoms with van der Waals surface area (Å²) in [4.78, 5) is 37.2. The number of amides is 2. The Labute approximate surface area is 186 Å². The lowest BCUT2D eigenvalue weighted by molar-refractivity contribution is -0.145. The van der Waals surface area contributed by atoms with Gasteiger partial charge in [0.05, 0.1) is 7.11 Å². The smallest absolute Gasteiger partial charge is 0.408 e. The van der Waals surface area contributed by atoms with E-state index < -0.39 is 30.1 Å². The van der Waals surface area contributed by atoms with E-state index in [0.717, 1.165) is 24.8 Å². The first kappa shape index (κ1) is 26.5. The van der Waals surface area contributed by atoms with Crippen molar-refractivity contribution < 1.29 is 23.9 Å². The summed E-state index contributed by atoms with van der Waals surface area (Å²) in [6.07, 6.45) is 6.33. The van der Waals surface area contributed by atoms with Crippen LogP contribution in [0.15, 0.2) is 30.3 Å². The second-order valence-corrected chi connectivity index (χ2v) is 8.07. The molecule has 0 aliphatic rings. The topological polar surface area (TPSA) is 93.7 Å². The lowest BCUT2D eigenvalue weighted by Gasteiger charge is -2.24. The fourth-order valence-electron chi connectivity index (χ4n) is 3.21. The summed E-state index contributed by atoms with van der Waals surface area (Å²) in [5.41, 5.74) is 0.855. The van der Waals surface area contributed by atoms with Crippen molar-refractivity contribution >= 4 is 18.0 Å². The van der Waals surface area contributed by atoms with Crippen LogP contribution >= 0.6 is 0 Å². The molecule has 2 atom stereocenters. The van der Waals surface area contributed by atoms with Gasteiger partial charge in [0.25, 0.3) is 0 Å². The largest absolute Gasteiger partial charge is 0.467 e. The zero-order chi connectivity index (χ0) is 23.1. The second-order valence-electron chi connectivity index (χ2n) is 8.07. The molecule has 1 aromatic rings. The number of methoxy groups -OCH3 is 1. The van der Waals surface area contributed by atoms with Gasteiger partial charge in [-0.05, 0) is 17.9 Å². The third kappa shape index (κ3) is 10.9. The van der Waals surface area contributed by atoms with E-state index in [1.807, 2.05) is 44.2 Å². The molecule has 1 aromatic carbocycles. The molecule has 0 radical (unpaired) electrons. The summed E-state index contributed by atoms with van der Waals surface area (Å²) >= 11 is 0. The van der Waals surface area contributed by atoms with Crippen LogP contribution in [0.4, 0.5) is 4.79 Å². The number of esters is 1. The molecule has 0 spiro atoms. The van der Waals surface area contributed by atoms with Crippen molar-refractivity contribution in [2.45, 2.75) is 84.4 Å². The zero-order valence-electron chi connectivity index (χ0n) is 19.3. The standard InChI is InChI=1S/C24H38N2O5/c1-5-6-7-8-9-13-16-20(23(28)30-4)25-22(27)21(18(2)3)26-24(29)31-17-19-14-11-10-12-15-19/h10-12,14-15,18,20-21H,5-9,13,16-17H2,1-4H3,(H,25,27)(H,26,29)/t20-,21-/m1/s1. The summed E-state index contributed by atoms with van der Waals surface area (Å²) in [5.74, 6) is -1.08. The first-order chi connectivity index (χ1) is 14.9. The average Bonchev–Trinajstić information content (AvgIpc) is 2.77. The summed E-state index contributed by atoms with van der Waals surface area (Å²) in [5, 5.41) is 5.36. The lowest BCUT2D eigenvalue weighted by Crippen LogP contribution is -2.53. The molecule has 0 fully saturated rings. The number of hydrogen-bond acceptors (Lipinski definition) is 5. The molecule has 174 valence electrons. The number of ether oxygens (including phenoxy) is 2. The van der Waals surface area contributed by atoms with Gasteiger partial charge < -0.3 is 20.1 Å². The molecule has 0 aliphatic carbocycles. The molecular weight excluding hydrogens is 396 g/mol. The van der Waals surface area contributed by atoms with Gasteiger partial charge in [-0.2, -0.15) is 0 Å². The van der Waals surface area contributed by atoms with Gasteiger partial charge >= 0.3 is 12.1 Å². The van der Waals surface area contributed by atoms with Crippen molar-refractivity contribution in [1.29, 1.82) is 0 Å². The van der Waals surface area contributed by atoms with Crippen LogP contribution in [-0.2, 0) is 25.7 Å². The van der Waals surface area contributed by atoms with Crippen molar-refractivity contribution in [2.75, 3.05) is 7.11 Å². The summed E-state index contributed by atoms with van der Waals surface area (Å²) < 4.78 is 10.1. The van der Waals surface area contributed by atoms with E-state index in [-0.39, 0.29) is 12.5 Å². The third-order valence-corrected chi connectivity index (χ3v) is 5.08. The molecule has 0 bridgehead atoms. The van der Waals surface area contributed by atoms with Crippen LogP contribution in [-0.4, -0.2) is 37.2 Å². The SMILES string of the molecule is CCCCCCCC[C@@H](NC(=O)[C@H](NC(=O)OCc1ccccc1)C(C)C)C(=O)OC. The Balaban J connectivity index is 2.58. The number of alkyl carbamates (subject to hydrolysis) is 1. The van der Waals surface area contributed by atoms with E-state index in [2.05, 4.69) is 17.6 Å². The maximum atomic E-state index is 12.8. The average molecular weight is 435 g/mol. The Bertz CT molecular complexity index is 663. The second kappa shape index (κ2) is 15.3. The van der Waals surface area contributed by atoms with Crippen LogP contribution < -0.4 is 10.6 Å². The summed E-state index contributed by atoms with van der Waals surface area (Å²) in [7, 11) is 1.31. The molecule has 1 rings (SSSR count). The Morgan fingerprint density at radius 1 is 0.935 bits per heavy atom. The number of benzene rings is 1. The van der Waals surface area contributed by atoms with Crippen LogP contribution in [0.1, 0.15) is 71.3 Å². The summed E-state index contributed by atoms with van der Waals surface area (Å²) in [6, 6.07) is 7.75. The van der Waals surface area contributed by atoms with Crippen molar-refractivity contribution in [1.82, 2.24) is 10.6 Å². The van der Waals surface area contributed by atoms with E-state index in [4.69, 9.17) is 9.47 Å². The number of nitrogens with one attached hydrogen (secondary N) is 2. The van der Waals surface area contributed by atoms with Crippen molar-refractivity contribution in [2.24, 2.45) is 5.92 Å². The fourth-order valence-corrected chi connectivity index (χ4v) is 3.21. The molecule has 0 saturated carbocycles. The number of carbonyl (C=O) groups excluding carboxylic acids is 3. The highest BCUT2D eigenvalue weighted by Gasteiger charge is 2.29. The van der Waals surface area contributed by atoms with Gasteiger partial charge in [0.15, 0.2) is 0 Å². The Hall–Kier alpha value is -2.57. The molecule has 2 N–H and O–H groups in total. The predicted octanol–water partition coefficient (Wildman–Crippen LogP) is 4.35. The van der Waals surface area contributed by atoms with E-state index in [9.17, 15) is 14.4 Å². The number of rotatable bonds is 14. The molecule has 2 amide bonds. The van der Waals surface area contributed by atoms with E-state index in [0.29, 0.717) is 6.42 Å². The quantitative estimate of drug-likeness (QED) is 0.335. The van der Waals surface area contributed by atoms with Gasteiger partial charge in [-0.3, -0.25) is 4.79 Å². The van der Waals surface area contributed by atoms with Crippen LogP contribution in [0.2, 0.25) is 0 Å². The molecule has 0 saturated heterocycles. The molecule has 7 nitrogen and oxygen atoms in total. The Morgan fingerprint density at radius 2 is 1.58 bits per heavy atom. The highest BCUT2D eigenvalue weighted by Crippen LogP contribution is 2.11. The van der Waals surface area contributed by atoms with Gasteiger partial charge in [0, 0.05) is 0 Å². The number of carbonyl (C=O) groups is 3. The van der Waals surface area contributed by atoms with Gasteiger partial charge in [-0.15, -0.1) is 0 Å².